The Labute approximate surface area is 202 Å². The van der Waals surface area contributed by atoms with Crippen LogP contribution in [0.4, 0.5) is 0 Å². The van der Waals surface area contributed by atoms with E-state index >= 15 is 0 Å². The number of aromatic nitrogens is 1. The van der Waals surface area contributed by atoms with Gasteiger partial charge in [-0.3, -0.25) is 14.6 Å². The Kier molecular flexibility index (Phi) is 4.68. The second-order valence-electron chi connectivity index (χ2n) is 9.39. The molecular formula is C26H23N3O5S. The maximum Gasteiger partial charge on any atom is 0.268 e. The molecule has 4 aliphatic rings. The van der Waals surface area contributed by atoms with Crippen LogP contribution in [0.3, 0.4) is 0 Å². The average molecular weight is 490 g/mol. The molecule has 2 N–H and O–H groups in total. The Morgan fingerprint density at radius 2 is 1.89 bits per heavy atom. The average Bonchev–Trinajstić information content (AvgIpc) is 3.26. The number of aryl methyl sites for hydroxylation is 1. The van der Waals surface area contributed by atoms with Crippen LogP contribution in [0.25, 0.3) is 0 Å². The highest BCUT2D eigenvalue weighted by molar-refractivity contribution is 7.90. The van der Waals surface area contributed by atoms with E-state index in [1.165, 1.54) is 30.5 Å². The number of aliphatic hydroxyl groups is 1. The number of carbonyl (C=O) groups is 2. The van der Waals surface area contributed by atoms with Crippen molar-refractivity contribution in [3.63, 3.8) is 0 Å². The number of hydrogen-bond acceptors (Lipinski definition) is 7. The first-order valence-electron chi connectivity index (χ1n) is 11.5. The first-order valence-corrected chi connectivity index (χ1v) is 12.9. The van der Waals surface area contributed by atoms with Crippen LogP contribution in [0.5, 0.6) is 0 Å². The molecule has 0 unspecified atom stereocenters. The Bertz CT molecular complexity index is 1520. The summed E-state index contributed by atoms with van der Waals surface area (Å²) in [6.07, 6.45) is 8.97. The van der Waals surface area contributed by atoms with Gasteiger partial charge in [-0.15, -0.1) is 0 Å². The van der Waals surface area contributed by atoms with Crippen LogP contribution < -0.4 is 5.32 Å². The molecular weight excluding hydrogens is 466 g/mol. The second-order valence-corrected chi connectivity index (χ2v) is 11.2. The van der Waals surface area contributed by atoms with Gasteiger partial charge in [0.05, 0.1) is 29.0 Å². The third kappa shape index (κ3) is 3.08. The van der Waals surface area contributed by atoms with Crippen molar-refractivity contribution in [1.82, 2.24) is 9.29 Å². The van der Waals surface area contributed by atoms with E-state index in [1.807, 2.05) is 6.92 Å². The zero-order valence-electron chi connectivity index (χ0n) is 19.0. The summed E-state index contributed by atoms with van der Waals surface area (Å²) >= 11 is 0. The maximum atomic E-state index is 14.0. The molecule has 6 rings (SSSR count). The highest BCUT2D eigenvalue weighted by Crippen LogP contribution is 2.48. The molecule has 2 aromatic rings. The molecule has 2 aliphatic carbocycles. The number of benzene rings is 1. The molecule has 0 bridgehead atoms. The monoisotopic (exact) mass is 489 g/mol. The summed E-state index contributed by atoms with van der Waals surface area (Å²) in [4.78, 5) is 30.8. The van der Waals surface area contributed by atoms with Crippen molar-refractivity contribution in [2.45, 2.75) is 30.7 Å². The molecule has 2 aliphatic heterocycles. The normalized spacial score (nSPS) is 22.1. The molecule has 8 nitrogen and oxygen atoms in total. The van der Waals surface area contributed by atoms with Crippen molar-refractivity contribution in [3.05, 3.63) is 88.4 Å². The van der Waals surface area contributed by atoms with E-state index in [1.54, 1.807) is 24.3 Å². The highest BCUT2D eigenvalue weighted by Gasteiger charge is 2.49. The fraction of sp³-hybridized carbons (Fsp3) is 0.269. The van der Waals surface area contributed by atoms with Gasteiger partial charge < -0.3 is 10.4 Å². The van der Waals surface area contributed by atoms with Gasteiger partial charge in [0.15, 0.2) is 5.78 Å². The Balaban J connectivity index is 1.59. The topological polar surface area (TPSA) is 118 Å². The third-order valence-electron chi connectivity index (χ3n) is 7.15. The van der Waals surface area contributed by atoms with E-state index in [-0.39, 0.29) is 28.7 Å². The van der Waals surface area contributed by atoms with E-state index in [2.05, 4.69) is 5.32 Å². The fourth-order valence-corrected chi connectivity index (χ4v) is 6.86. The van der Waals surface area contributed by atoms with Gasteiger partial charge in [0.1, 0.15) is 5.69 Å². The molecule has 0 saturated heterocycles. The van der Waals surface area contributed by atoms with E-state index in [0.29, 0.717) is 36.2 Å². The summed E-state index contributed by atoms with van der Waals surface area (Å²) in [7, 11) is -4.04. The van der Waals surface area contributed by atoms with E-state index in [9.17, 15) is 23.1 Å². The number of nitrogens with one attached hydrogen (secondary N) is 1. The van der Waals surface area contributed by atoms with Crippen molar-refractivity contribution < 1.29 is 23.1 Å². The Hall–Kier alpha value is -3.56. The number of nitrogens with zero attached hydrogens (tertiary/aromatic N) is 2. The molecule has 1 aromatic heterocycles. The number of fused-ring (bicyclic) bond motifs is 2. The van der Waals surface area contributed by atoms with Crippen LogP contribution in [0, 0.1) is 12.3 Å². The van der Waals surface area contributed by atoms with Crippen molar-refractivity contribution >= 4 is 27.3 Å². The van der Waals surface area contributed by atoms with Crippen LogP contribution in [0.2, 0.25) is 0 Å². The van der Waals surface area contributed by atoms with Crippen LogP contribution in [0.1, 0.15) is 33.6 Å². The van der Waals surface area contributed by atoms with Crippen LogP contribution >= 0.6 is 0 Å². The van der Waals surface area contributed by atoms with Crippen LogP contribution in [0.15, 0.2) is 75.9 Å². The summed E-state index contributed by atoms with van der Waals surface area (Å²) in [6.45, 7) is 2.10. The molecule has 1 atom stereocenters. The van der Waals surface area contributed by atoms with Gasteiger partial charge in [-0.2, -0.15) is 0 Å². The smallest absolute Gasteiger partial charge is 0.268 e. The summed E-state index contributed by atoms with van der Waals surface area (Å²) < 4.78 is 28.4. The number of aliphatic imine (C=N–C) groups is 1. The zero-order valence-corrected chi connectivity index (χ0v) is 19.8. The minimum atomic E-state index is -4.04. The Morgan fingerprint density at radius 3 is 2.57 bits per heavy atom. The lowest BCUT2D eigenvalue weighted by Crippen LogP contribution is -2.50. The van der Waals surface area contributed by atoms with E-state index in [4.69, 9.17) is 4.99 Å². The lowest BCUT2D eigenvalue weighted by Gasteiger charge is -2.44. The molecule has 1 spiro atoms. The number of ketones is 2. The fourth-order valence-electron chi connectivity index (χ4n) is 5.48. The first kappa shape index (κ1) is 21.9. The van der Waals surface area contributed by atoms with Gasteiger partial charge in [0.25, 0.3) is 10.0 Å². The predicted molar refractivity (Wildman–Crippen MR) is 129 cm³/mol. The Morgan fingerprint density at radius 1 is 1.17 bits per heavy atom. The lowest BCUT2D eigenvalue weighted by molar-refractivity contribution is -0.110. The van der Waals surface area contributed by atoms with Gasteiger partial charge in [-0.05, 0) is 49.6 Å². The largest absolute Gasteiger partial charge is 0.394 e. The predicted octanol–water partition coefficient (Wildman–Crippen LogP) is 1.86. The lowest BCUT2D eigenvalue weighted by atomic mass is 9.65. The highest BCUT2D eigenvalue weighted by atomic mass is 32.2. The first-order chi connectivity index (χ1) is 16.7. The second kappa shape index (κ2) is 7.47. The molecule has 1 aromatic carbocycles. The van der Waals surface area contributed by atoms with Crippen molar-refractivity contribution in [1.29, 1.82) is 0 Å². The molecule has 35 heavy (non-hydrogen) atoms. The minimum absolute atomic E-state index is 0.0545. The molecule has 178 valence electrons. The van der Waals surface area contributed by atoms with E-state index in [0.717, 1.165) is 15.1 Å². The zero-order chi connectivity index (χ0) is 24.5. The molecule has 0 saturated carbocycles. The molecule has 0 fully saturated rings. The summed E-state index contributed by atoms with van der Waals surface area (Å²) in [5, 5.41) is 13.1. The van der Waals surface area contributed by atoms with Gasteiger partial charge in [-0.25, -0.2) is 12.4 Å². The number of hydrogen-bond donors (Lipinski definition) is 2. The summed E-state index contributed by atoms with van der Waals surface area (Å²) in [6, 6.07) is 6.06. The van der Waals surface area contributed by atoms with Crippen molar-refractivity contribution in [3.8, 4) is 0 Å². The van der Waals surface area contributed by atoms with Crippen LogP contribution in [-0.2, 0) is 21.2 Å². The molecule has 0 amide bonds. The quantitative estimate of drug-likeness (QED) is 0.680. The molecule has 9 heteroatoms. The van der Waals surface area contributed by atoms with Gasteiger partial charge in [0, 0.05) is 29.3 Å². The minimum Gasteiger partial charge on any atom is -0.394 e. The number of aliphatic hydroxyl groups excluding tert-OH is 1. The third-order valence-corrected chi connectivity index (χ3v) is 8.83. The van der Waals surface area contributed by atoms with Gasteiger partial charge >= 0.3 is 0 Å². The standard InChI is InChI=1S/C26H23N3O5S/c1-15-2-4-19(5-3-15)35(33,34)29-13-16-8-11-27-22-20(16)24(29)25(32)23-21(22)26(12-17(14-30)28-23)9-6-18(31)7-10-26/h2-7,9-10,13,17,28,30H,8,11-12,14H2,1H3/t17-/m0/s1. The molecule has 3 heterocycles. The van der Waals surface area contributed by atoms with Gasteiger partial charge in [-0.1, -0.05) is 29.8 Å². The number of allylic oxidation sites excluding steroid dienone is 6. The van der Waals surface area contributed by atoms with Crippen LogP contribution in [-0.4, -0.2) is 54.0 Å². The maximum absolute atomic E-state index is 14.0. The van der Waals surface area contributed by atoms with E-state index < -0.39 is 27.3 Å². The van der Waals surface area contributed by atoms with Crippen molar-refractivity contribution in [2.24, 2.45) is 10.4 Å². The SMILES string of the molecule is Cc1ccc(S(=O)(=O)n2cc3c4c2C(=O)C2=C(C4=NCC3)C3(C=CC(=O)C=C3)C[C@@H](CO)N2)cc1. The number of Topliss-reactive ketones (excluding diaryl/α,β-unsaturated/α-hetero) is 1. The van der Waals surface area contributed by atoms with Crippen molar-refractivity contribution in [2.75, 3.05) is 13.2 Å². The summed E-state index contributed by atoms with van der Waals surface area (Å²) in [5.41, 5.74) is 2.89. The number of carbonyl (C=O) groups excluding carboxylic acids is 2. The number of rotatable bonds is 3. The molecule has 0 radical (unpaired) electrons. The summed E-state index contributed by atoms with van der Waals surface area (Å²) in [5.74, 6) is -0.615. The van der Waals surface area contributed by atoms with Gasteiger partial charge in [0.2, 0.25) is 5.78 Å².